The molecule has 1 heterocycles. The first kappa shape index (κ1) is 12.4. The zero-order chi connectivity index (χ0) is 12.3. The number of hydrogen-bond donors (Lipinski definition) is 0. The molecule has 1 aromatic carbocycles. The first-order valence-corrected chi connectivity index (χ1v) is 6.69. The second-order valence-electron chi connectivity index (χ2n) is 5.52. The van der Waals surface area contributed by atoms with E-state index in [1.165, 1.54) is 30.9 Å². The third kappa shape index (κ3) is 3.47. The van der Waals surface area contributed by atoms with E-state index in [1.807, 2.05) is 0 Å². The summed E-state index contributed by atoms with van der Waals surface area (Å²) in [6.45, 7) is 12.7. The van der Waals surface area contributed by atoms with E-state index in [0.29, 0.717) is 0 Å². The van der Waals surface area contributed by atoms with Crippen LogP contribution in [-0.2, 0) is 0 Å². The van der Waals surface area contributed by atoms with Gasteiger partial charge in [-0.1, -0.05) is 31.5 Å². The van der Waals surface area contributed by atoms with E-state index in [2.05, 4.69) is 54.8 Å². The molecule has 0 spiro atoms. The minimum atomic E-state index is 0.779. The quantitative estimate of drug-likeness (QED) is 0.790. The normalized spacial score (nSPS) is 17.8. The summed E-state index contributed by atoms with van der Waals surface area (Å²) in [6.07, 6.45) is 0. The Morgan fingerprint density at radius 1 is 1.00 bits per heavy atom. The molecule has 94 valence electrons. The summed E-state index contributed by atoms with van der Waals surface area (Å²) in [5.41, 5.74) is 2.71. The van der Waals surface area contributed by atoms with Crippen LogP contribution in [0.5, 0.6) is 0 Å². The van der Waals surface area contributed by atoms with Crippen molar-refractivity contribution >= 4 is 5.69 Å². The molecular formula is C15H24N2. The average molecular weight is 232 g/mol. The molecular weight excluding hydrogens is 208 g/mol. The minimum absolute atomic E-state index is 0.779. The van der Waals surface area contributed by atoms with Crippen LogP contribution in [0.3, 0.4) is 0 Å². The molecule has 1 aliphatic heterocycles. The SMILES string of the molecule is Cc1ccc(N2CCN(CC(C)C)CC2)cc1. The molecule has 0 aromatic heterocycles. The Kier molecular flexibility index (Phi) is 4.06. The molecule has 0 saturated carbocycles. The minimum Gasteiger partial charge on any atom is -0.369 e. The van der Waals surface area contributed by atoms with Crippen molar-refractivity contribution in [3.63, 3.8) is 0 Å². The van der Waals surface area contributed by atoms with Crippen molar-refractivity contribution in [2.45, 2.75) is 20.8 Å². The van der Waals surface area contributed by atoms with E-state index in [0.717, 1.165) is 19.0 Å². The second kappa shape index (κ2) is 5.54. The molecule has 1 saturated heterocycles. The Hall–Kier alpha value is -1.02. The molecule has 0 atom stereocenters. The lowest BCUT2D eigenvalue weighted by Crippen LogP contribution is -2.47. The number of piperazine rings is 1. The van der Waals surface area contributed by atoms with Gasteiger partial charge in [-0.3, -0.25) is 4.90 Å². The standard InChI is InChI=1S/C15H24N2/c1-13(2)12-16-8-10-17(11-9-16)15-6-4-14(3)5-7-15/h4-7,13H,8-12H2,1-3H3. The van der Waals surface area contributed by atoms with E-state index >= 15 is 0 Å². The van der Waals surface area contributed by atoms with E-state index in [1.54, 1.807) is 0 Å². The van der Waals surface area contributed by atoms with Gasteiger partial charge in [-0.05, 0) is 25.0 Å². The number of hydrogen-bond acceptors (Lipinski definition) is 2. The lowest BCUT2D eigenvalue weighted by Gasteiger charge is -2.36. The first-order chi connectivity index (χ1) is 8.15. The second-order valence-corrected chi connectivity index (χ2v) is 5.52. The number of anilines is 1. The third-order valence-electron chi connectivity index (χ3n) is 3.39. The molecule has 0 aliphatic carbocycles. The van der Waals surface area contributed by atoms with E-state index in [4.69, 9.17) is 0 Å². The van der Waals surface area contributed by atoms with Crippen LogP contribution in [0.1, 0.15) is 19.4 Å². The van der Waals surface area contributed by atoms with E-state index < -0.39 is 0 Å². The molecule has 2 heteroatoms. The lowest BCUT2D eigenvalue weighted by molar-refractivity contribution is 0.231. The molecule has 1 aromatic rings. The maximum Gasteiger partial charge on any atom is 0.0367 e. The predicted octanol–water partition coefficient (Wildman–Crippen LogP) is 2.77. The molecule has 0 amide bonds. The first-order valence-electron chi connectivity index (χ1n) is 6.69. The van der Waals surface area contributed by atoms with Crippen molar-refractivity contribution < 1.29 is 0 Å². The zero-order valence-corrected chi connectivity index (χ0v) is 11.3. The molecule has 1 fully saturated rings. The topological polar surface area (TPSA) is 6.48 Å². The van der Waals surface area contributed by atoms with Gasteiger partial charge in [0.1, 0.15) is 0 Å². The summed E-state index contributed by atoms with van der Waals surface area (Å²) in [7, 11) is 0. The van der Waals surface area contributed by atoms with Crippen LogP contribution in [0.25, 0.3) is 0 Å². The van der Waals surface area contributed by atoms with Gasteiger partial charge < -0.3 is 4.90 Å². The van der Waals surface area contributed by atoms with Gasteiger partial charge in [0.2, 0.25) is 0 Å². The van der Waals surface area contributed by atoms with Crippen molar-refractivity contribution in [3.05, 3.63) is 29.8 Å². The maximum absolute atomic E-state index is 2.58. The Bertz CT molecular complexity index is 334. The summed E-state index contributed by atoms with van der Waals surface area (Å²) in [5.74, 6) is 0.779. The molecule has 17 heavy (non-hydrogen) atoms. The highest BCUT2D eigenvalue weighted by Gasteiger charge is 2.17. The van der Waals surface area contributed by atoms with Crippen LogP contribution in [0.15, 0.2) is 24.3 Å². The average Bonchev–Trinajstić information content (AvgIpc) is 2.30. The van der Waals surface area contributed by atoms with Gasteiger partial charge in [-0.25, -0.2) is 0 Å². The largest absolute Gasteiger partial charge is 0.369 e. The molecule has 1 aliphatic rings. The predicted molar refractivity (Wildman–Crippen MR) is 74.7 cm³/mol. The van der Waals surface area contributed by atoms with Crippen LogP contribution in [-0.4, -0.2) is 37.6 Å². The fourth-order valence-electron chi connectivity index (χ4n) is 2.46. The molecule has 0 unspecified atom stereocenters. The summed E-state index contributed by atoms with van der Waals surface area (Å²) in [4.78, 5) is 5.08. The van der Waals surface area contributed by atoms with E-state index in [-0.39, 0.29) is 0 Å². The van der Waals surface area contributed by atoms with Gasteiger partial charge in [0, 0.05) is 38.4 Å². The smallest absolute Gasteiger partial charge is 0.0367 e. The van der Waals surface area contributed by atoms with Crippen molar-refractivity contribution in [1.29, 1.82) is 0 Å². The zero-order valence-electron chi connectivity index (χ0n) is 11.3. The van der Waals surface area contributed by atoms with Crippen LogP contribution >= 0.6 is 0 Å². The number of benzene rings is 1. The van der Waals surface area contributed by atoms with E-state index in [9.17, 15) is 0 Å². The Morgan fingerprint density at radius 2 is 1.59 bits per heavy atom. The molecule has 0 radical (unpaired) electrons. The Morgan fingerprint density at radius 3 is 2.12 bits per heavy atom. The van der Waals surface area contributed by atoms with Crippen LogP contribution in [0.4, 0.5) is 5.69 Å². The highest BCUT2D eigenvalue weighted by atomic mass is 15.3. The Balaban J connectivity index is 1.88. The molecule has 2 rings (SSSR count). The number of aryl methyl sites for hydroxylation is 1. The Labute approximate surface area is 105 Å². The van der Waals surface area contributed by atoms with Crippen LogP contribution in [0, 0.1) is 12.8 Å². The molecule has 2 nitrogen and oxygen atoms in total. The summed E-state index contributed by atoms with van der Waals surface area (Å²) < 4.78 is 0. The fraction of sp³-hybridized carbons (Fsp3) is 0.600. The van der Waals surface area contributed by atoms with Gasteiger partial charge in [0.05, 0.1) is 0 Å². The van der Waals surface area contributed by atoms with Crippen molar-refractivity contribution in [2.75, 3.05) is 37.6 Å². The van der Waals surface area contributed by atoms with Crippen LogP contribution < -0.4 is 4.90 Å². The van der Waals surface area contributed by atoms with Crippen molar-refractivity contribution in [2.24, 2.45) is 5.92 Å². The highest BCUT2D eigenvalue weighted by molar-refractivity contribution is 5.47. The monoisotopic (exact) mass is 232 g/mol. The summed E-state index contributed by atoms with van der Waals surface area (Å²) in [5, 5.41) is 0. The maximum atomic E-state index is 2.58. The fourth-order valence-corrected chi connectivity index (χ4v) is 2.46. The van der Waals surface area contributed by atoms with Gasteiger partial charge >= 0.3 is 0 Å². The van der Waals surface area contributed by atoms with Gasteiger partial charge in [-0.2, -0.15) is 0 Å². The molecule has 0 bridgehead atoms. The lowest BCUT2D eigenvalue weighted by atomic mass is 10.1. The van der Waals surface area contributed by atoms with Gasteiger partial charge in [0.15, 0.2) is 0 Å². The van der Waals surface area contributed by atoms with Crippen LogP contribution in [0.2, 0.25) is 0 Å². The summed E-state index contributed by atoms with van der Waals surface area (Å²) in [6, 6.07) is 8.90. The van der Waals surface area contributed by atoms with Gasteiger partial charge in [0.25, 0.3) is 0 Å². The molecule has 0 N–H and O–H groups in total. The third-order valence-corrected chi connectivity index (χ3v) is 3.39. The number of rotatable bonds is 3. The van der Waals surface area contributed by atoms with Crippen molar-refractivity contribution in [1.82, 2.24) is 4.90 Å². The van der Waals surface area contributed by atoms with Gasteiger partial charge in [-0.15, -0.1) is 0 Å². The summed E-state index contributed by atoms with van der Waals surface area (Å²) >= 11 is 0. The highest BCUT2D eigenvalue weighted by Crippen LogP contribution is 2.17. The number of nitrogens with zero attached hydrogens (tertiary/aromatic N) is 2. The van der Waals surface area contributed by atoms with Crippen molar-refractivity contribution in [3.8, 4) is 0 Å².